The summed E-state index contributed by atoms with van der Waals surface area (Å²) in [6.45, 7) is 0. The predicted molar refractivity (Wildman–Crippen MR) is 56.3 cm³/mol. The smallest absolute Gasteiger partial charge is 0.206 e. The fourth-order valence-corrected chi connectivity index (χ4v) is 1.65. The second kappa shape index (κ2) is 3.49. The molecule has 14 heavy (non-hydrogen) atoms. The van der Waals surface area contributed by atoms with Crippen molar-refractivity contribution in [3.8, 4) is 0 Å². The number of benzene rings is 1. The summed E-state index contributed by atoms with van der Waals surface area (Å²) >= 11 is 0. The van der Waals surface area contributed by atoms with Crippen LogP contribution >= 0.6 is 0 Å². The van der Waals surface area contributed by atoms with Crippen molar-refractivity contribution in [3.63, 3.8) is 0 Å². The van der Waals surface area contributed by atoms with Crippen LogP contribution in [-0.2, 0) is 6.42 Å². The molecule has 0 saturated carbocycles. The van der Waals surface area contributed by atoms with Crippen LogP contribution in [0.2, 0.25) is 0 Å². The van der Waals surface area contributed by atoms with Crippen molar-refractivity contribution in [3.05, 3.63) is 35.4 Å². The number of hydrogen-bond acceptors (Lipinski definition) is 2. The van der Waals surface area contributed by atoms with Crippen LogP contribution in [0.1, 0.15) is 17.5 Å². The van der Waals surface area contributed by atoms with Gasteiger partial charge in [-0.2, -0.15) is 5.10 Å². The van der Waals surface area contributed by atoms with Gasteiger partial charge in [0.25, 0.3) is 0 Å². The van der Waals surface area contributed by atoms with Gasteiger partial charge in [0.15, 0.2) is 0 Å². The molecule has 1 aliphatic carbocycles. The van der Waals surface area contributed by atoms with E-state index in [4.69, 9.17) is 11.1 Å². The number of guanidine groups is 1. The molecular weight excluding hydrogens is 176 g/mol. The summed E-state index contributed by atoms with van der Waals surface area (Å²) in [6, 6.07) is 8.17. The largest absolute Gasteiger partial charge is 0.369 e. The number of nitrogens with zero attached hydrogens (tertiary/aromatic N) is 1. The first-order valence-corrected chi connectivity index (χ1v) is 4.52. The average molecular weight is 188 g/mol. The van der Waals surface area contributed by atoms with Gasteiger partial charge < -0.3 is 5.73 Å². The molecule has 0 radical (unpaired) electrons. The van der Waals surface area contributed by atoms with Crippen LogP contribution in [0.5, 0.6) is 0 Å². The van der Waals surface area contributed by atoms with Crippen LogP contribution in [0.15, 0.2) is 29.4 Å². The molecule has 1 aromatic rings. The molecule has 4 nitrogen and oxygen atoms in total. The van der Waals surface area contributed by atoms with E-state index in [1.807, 2.05) is 18.2 Å². The minimum Gasteiger partial charge on any atom is -0.369 e. The number of rotatable bonds is 1. The van der Waals surface area contributed by atoms with Crippen LogP contribution < -0.4 is 11.2 Å². The summed E-state index contributed by atoms with van der Waals surface area (Å²) in [5.74, 6) is -0.123. The third kappa shape index (κ3) is 1.59. The van der Waals surface area contributed by atoms with Crippen molar-refractivity contribution in [2.75, 3.05) is 0 Å². The zero-order valence-electron chi connectivity index (χ0n) is 7.75. The molecule has 0 unspecified atom stereocenters. The van der Waals surface area contributed by atoms with Gasteiger partial charge in [-0.1, -0.05) is 24.3 Å². The Morgan fingerprint density at radius 1 is 1.36 bits per heavy atom. The molecule has 4 N–H and O–H groups in total. The average Bonchev–Trinajstić information content (AvgIpc) is 2.58. The van der Waals surface area contributed by atoms with E-state index in [0.717, 1.165) is 18.6 Å². The molecule has 0 atom stereocenters. The van der Waals surface area contributed by atoms with Crippen LogP contribution in [0.3, 0.4) is 0 Å². The Morgan fingerprint density at radius 2 is 2.14 bits per heavy atom. The second-order valence-electron chi connectivity index (χ2n) is 3.24. The Balaban J connectivity index is 2.26. The summed E-state index contributed by atoms with van der Waals surface area (Å²) in [5, 5.41) is 11.1. The molecule has 4 heteroatoms. The van der Waals surface area contributed by atoms with E-state index in [-0.39, 0.29) is 5.96 Å². The molecule has 1 aliphatic rings. The number of fused-ring (bicyclic) bond motifs is 1. The van der Waals surface area contributed by atoms with E-state index in [0.29, 0.717) is 0 Å². The lowest BCUT2D eigenvalue weighted by Gasteiger charge is -2.00. The molecule has 1 aromatic carbocycles. The fraction of sp³-hybridized carbons (Fsp3) is 0.200. The highest BCUT2D eigenvalue weighted by molar-refractivity contribution is 6.04. The molecule has 0 aromatic heterocycles. The highest BCUT2D eigenvalue weighted by Gasteiger charge is 2.16. The van der Waals surface area contributed by atoms with E-state index in [1.165, 1.54) is 11.1 Å². The number of hydrazone groups is 1. The van der Waals surface area contributed by atoms with Gasteiger partial charge in [0, 0.05) is 5.56 Å². The molecule has 2 rings (SSSR count). The molecular formula is C10H12N4. The normalized spacial score (nSPS) is 16.7. The van der Waals surface area contributed by atoms with Gasteiger partial charge in [-0.05, 0) is 18.4 Å². The van der Waals surface area contributed by atoms with Crippen LogP contribution in [-0.4, -0.2) is 11.7 Å². The van der Waals surface area contributed by atoms with Gasteiger partial charge >= 0.3 is 0 Å². The van der Waals surface area contributed by atoms with E-state index in [9.17, 15) is 0 Å². The lowest BCUT2D eigenvalue weighted by Crippen LogP contribution is -2.26. The number of hydrogen-bond donors (Lipinski definition) is 3. The Kier molecular flexibility index (Phi) is 2.18. The number of aryl methyl sites for hydroxylation is 1. The SMILES string of the molecule is N=C(N)N/N=C1\CCc2ccccc21. The fourth-order valence-electron chi connectivity index (χ4n) is 1.65. The molecule has 0 bridgehead atoms. The van der Waals surface area contributed by atoms with E-state index in [1.54, 1.807) is 0 Å². The molecule has 0 saturated heterocycles. The summed E-state index contributed by atoms with van der Waals surface area (Å²) in [7, 11) is 0. The van der Waals surface area contributed by atoms with Crippen molar-refractivity contribution in [1.82, 2.24) is 5.43 Å². The summed E-state index contributed by atoms with van der Waals surface area (Å²) < 4.78 is 0. The van der Waals surface area contributed by atoms with Gasteiger partial charge in [-0.25, -0.2) is 5.43 Å². The van der Waals surface area contributed by atoms with Gasteiger partial charge in [0.2, 0.25) is 5.96 Å². The van der Waals surface area contributed by atoms with Crippen molar-refractivity contribution in [2.24, 2.45) is 10.8 Å². The van der Waals surface area contributed by atoms with Crippen LogP contribution in [0, 0.1) is 5.41 Å². The molecule has 72 valence electrons. The van der Waals surface area contributed by atoms with Crippen molar-refractivity contribution in [1.29, 1.82) is 5.41 Å². The van der Waals surface area contributed by atoms with E-state index in [2.05, 4.69) is 16.6 Å². The Hall–Kier alpha value is -1.84. The third-order valence-electron chi connectivity index (χ3n) is 2.27. The zero-order valence-corrected chi connectivity index (χ0v) is 7.75. The highest BCUT2D eigenvalue weighted by atomic mass is 15.3. The van der Waals surface area contributed by atoms with E-state index >= 15 is 0 Å². The van der Waals surface area contributed by atoms with Crippen LogP contribution in [0.4, 0.5) is 0 Å². The van der Waals surface area contributed by atoms with Crippen molar-refractivity contribution >= 4 is 11.7 Å². The molecule has 0 amide bonds. The maximum absolute atomic E-state index is 7.00. The first-order chi connectivity index (χ1) is 6.77. The Morgan fingerprint density at radius 3 is 2.93 bits per heavy atom. The lowest BCUT2D eigenvalue weighted by atomic mass is 10.1. The monoisotopic (exact) mass is 188 g/mol. The van der Waals surface area contributed by atoms with Crippen LogP contribution in [0.25, 0.3) is 0 Å². The maximum Gasteiger partial charge on any atom is 0.206 e. The molecule has 0 spiro atoms. The molecule has 0 fully saturated rings. The summed E-state index contributed by atoms with van der Waals surface area (Å²) in [4.78, 5) is 0. The lowest BCUT2D eigenvalue weighted by molar-refractivity contribution is 0.976. The van der Waals surface area contributed by atoms with Crippen molar-refractivity contribution < 1.29 is 0 Å². The van der Waals surface area contributed by atoms with Gasteiger partial charge in [-0.15, -0.1) is 0 Å². The highest BCUT2D eigenvalue weighted by Crippen LogP contribution is 2.21. The predicted octanol–water partition coefficient (Wildman–Crippen LogP) is 0.820. The van der Waals surface area contributed by atoms with E-state index < -0.39 is 0 Å². The standard InChI is InChI=1S/C10H12N4/c11-10(12)14-13-9-6-5-7-3-1-2-4-8(7)9/h1-4H,5-6H2,(H4,11,12,14)/b13-9+. The van der Waals surface area contributed by atoms with Gasteiger partial charge in [0.05, 0.1) is 5.71 Å². The zero-order chi connectivity index (χ0) is 9.97. The third-order valence-corrected chi connectivity index (χ3v) is 2.27. The Bertz CT molecular complexity index is 395. The topological polar surface area (TPSA) is 74.3 Å². The molecule has 0 aliphatic heterocycles. The quantitative estimate of drug-likeness (QED) is 0.347. The van der Waals surface area contributed by atoms with Crippen molar-refractivity contribution in [2.45, 2.75) is 12.8 Å². The molecule has 0 heterocycles. The maximum atomic E-state index is 7.00. The summed E-state index contributed by atoms with van der Waals surface area (Å²) in [5.41, 5.74) is 11.1. The second-order valence-corrected chi connectivity index (χ2v) is 3.24. The first kappa shape index (κ1) is 8.74. The minimum atomic E-state index is -0.123. The first-order valence-electron chi connectivity index (χ1n) is 4.52. The number of nitrogens with two attached hydrogens (primary N) is 1. The minimum absolute atomic E-state index is 0.123. The Labute approximate surface area is 82.3 Å². The summed E-state index contributed by atoms with van der Waals surface area (Å²) in [6.07, 6.45) is 1.94. The van der Waals surface area contributed by atoms with Gasteiger partial charge in [-0.3, -0.25) is 5.41 Å². The van der Waals surface area contributed by atoms with Gasteiger partial charge in [0.1, 0.15) is 0 Å². The number of nitrogens with one attached hydrogen (secondary N) is 2.